The third kappa shape index (κ3) is 16.1. The van der Waals surface area contributed by atoms with E-state index in [2.05, 4.69) is 587 Å². The van der Waals surface area contributed by atoms with Gasteiger partial charge < -0.3 is 28.4 Å². The van der Waals surface area contributed by atoms with Gasteiger partial charge in [-0.3, -0.25) is 0 Å². The first-order valence-corrected chi connectivity index (χ1v) is 52.8. The summed E-state index contributed by atoms with van der Waals surface area (Å²) in [5.74, 6) is 0. The van der Waals surface area contributed by atoms with Crippen molar-refractivity contribution in [1.29, 1.82) is 0 Å². The number of thiophene rings is 3. The van der Waals surface area contributed by atoms with Crippen LogP contribution in [0.5, 0.6) is 0 Å². The molecule has 698 valence electrons. The second kappa shape index (κ2) is 38.0. The van der Waals surface area contributed by atoms with E-state index < -0.39 is 0 Å². The highest BCUT2D eigenvalue weighted by atomic mass is 32.1. The molecular weight excluding hydrogens is 1850 g/mol. The van der Waals surface area contributed by atoms with Crippen molar-refractivity contribution in [2.45, 2.75) is 6.92 Å². The van der Waals surface area contributed by atoms with Gasteiger partial charge in [-0.15, -0.1) is 34.0 Å². The molecule has 0 aliphatic heterocycles. The van der Waals surface area contributed by atoms with E-state index in [9.17, 15) is 0 Å². The Kier molecular flexibility index (Phi) is 22.7. The maximum Gasteiger partial charge on any atom is 0.0562 e. The minimum absolute atomic E-state index is 1.11. The summed E-state index contributed by atoms with van der Waals surface area (Å²) < 4.78 is 15.2. The lowest BCUT2D eigenvalue weighted by Crippen LogP contribution is -2.10. The van der Waals surface area contributed by atoms with Gasteiger partial charge in [-0.2, -0.15) is 0 Å². The van der Waals surface area contributed by atoms with Crippen LogP contribution in [0.3, 0.4) is 0 Å². The highest BCUT2D eigenvalue weighted by Gasteiger charge is 2.28. The van der Waals surface area contributed by atoms with E-state index in [1.165, 1.54) is 204 Å². The van der Waals surface area contributed by atoms with Crippen molar-refractivity contribution in [2.75, 3.05) is 14.7 Å². The molecule has 0 fully saturated rings. The summed E-state index contributed by atoms with van der Waals surface area (Å²) >= 11 is 5.58. The molecule has 0 saturated carbocycles. The van der Waals surface area contributed by atoms with Crippen LogP contribution in [0.2, 0.25) is 0 Å². The average molecular weight is 1940 g/mol. The number of aromatic nitrogens is 3. The molecule has 23 aromatic carbocycles. The Morgan fingerprint density at radius 3 is 0.628 bits per heavy atom. The number of rotatable bonds is 17. The molecule has 6 heterocycles. The van der Waals surface area contributed by atoms with Crippen molar-refractivity contribution >= 4 is 211 Å². The van der Waals surface area contributed by atoms with Crippen molar-refractivity contribution in [1.82, 2.24) is 13.7 Å². The molecule has 6 nitrogen and oxygen atoms in total. The van der Waals surface area contributed by atoms with E-state index in [0.29, 0.717) is 0 Å². The van der Waals surface area contributed by atoms with E-state index in [1.54, 1.807) is 0 Å². The van der Waals surface area contributed by atoms with Crippen LogP contribution in [0.25, 0.3) is 199 Å². The standard InChI is InChI=1S/2C48H32N2S.C43H30N2S/c1-3-12-33(13-4-1)35-22-26-37(27-23-35)49(38-28-24-36(25-29-38)34-14-5-2-6-15-34)44-19-11-20-45-48(44)41-17-7-9-18-43(41)50(45)39-30-31-47-42(32-39)40-16-8-10-21-46(40)51-47;1-3-12-33(13-4-1)34-22-24-35(25-23-34)36-26-28-38(29-27-36)49(37-14-5-2-6-15-37)44-19-11-20-45-48(44)41-17-7-9-18-43(41)50(45)39-30-31-47-42(32-39)40-16-8-10-21-46(40)51-47;1-29-18-22-32(23-19-29)44(33-24-20-31(21-25-33)30-10-3-2-4-11-30)39-15-9-16-40-43(39)36-13-5-7-14-38(36)45(40)34-26-27-42-37(28-34)35-12-6-8-17-41(35)46-42/h2*1-32H;2-28H,1H3. The lowest BCUT2D eigenvalue weighted by molar-refractivity contribution is 1.18. The molecule has 148 heavy (non-hydrogen) atoms. The van der Waals surface area contributed by atoms with E-state index in [0.717, 1.165) is 51.2 Å². The zero-order valence-corrected chi connectivity index (χ0v) is 83.4. The Hall–Kier alpha value is -18.5. The van der Waals surface area contributed by atoms with Crippen molar-refractivity contribution < 1.29 is 0 Å². The zero-order chi connectivity index (χ0) is 98.1. The van der Waals surface area contributed by atoms with Gasteiger partial charge in [0.15, 0.2) is 0 Å². The van der Waals surface area contributed by atoms with E-state index in [1.807, 2.05) is 34.0 Å². The normalized spacial score (nSPS) is 11.5. The number of para-hydroxylation sites is 4. The lowest BCUT2D eigenvalue weighted by Gasteiger charge is -2.27. The van der Waals surface area contributed by atoms with E-state index in [-0.39, 0.29) is 0 Å². The number of fused-ring (bicyclic) bond motifs is 18. The van der Waals surface area contributed by atoms with E-state index in [4.69, 9.17) is 0 Å². The van der Waals surface area contributed by atoms with Crippen molar-refractivity contribution in [3.63, 3.8) is 0 Å². The number of aryl methyl sites for hydroxylation is 1. The molecule has 0 atom stereocenters. The first kappa shape index (κ1) is 88.5. The first-order chi connectivity index (χ1) is 73.3. The van der Waals surface area contributed by atoms with Gasteiger partial charge in [-0.05, 0) is 263 Å². The fraction of sp³-hybridized carbons (Fsp3) is 0.00719. The molecule has 6 aromatic heterocycles. The maximum absolute atomic E-state index is 2.44. The number of benzene rings is 23. The van der Waals surface area contributed by atoms with Crippen LogP contribution in [0.4, 0.5) is 51.2 Å². The van der Waals surface area contributed by atoms with E-state index >= 15 is 0 Å². The van der Waals surface area contributed by atoms with Crippen molar-refractivity contribution in [3.8, 4) is 72.7 Å². The summed E-state index contributed by atoms with van der Waals surface area (Å²) in [7, 11) is 0. The lowest BCUT2D eigenvalue weighted by atomic mass is 10.00. The molecule has 0 N–H and O–H groups in total. The van der Waals surface area contributed by atoms with Gasteiger partial charge in [-0.1, -0.05) is 357 Å². The maximum atomic E-state index is 2.44. The van der Waals surface area contributed by atoms with Gasteiger partial charge >= 0.3 is 0 Å². The smallest absolute Gasteiger partial charge is 0.0562 e. The van der Waals surface area contributed by atoms with Gasteiger partial charge in [0.2, 0.25) is 0 Å². The van der Waals surface area contributed by atoms with Gasteiger partial charge in [0.25, 0.3) is 0 Å². The summed E-state index contributed by atoms with van der Waals surface area (Å²) in [6.45, 7) is 2.14. The largest absolute Gasteiger partial charge is 0.310 e. The monoisotopic (exact) mass is 1940 g/mol. The van der Waals surface area contributed by atoms with Gasteiger partial charge in [-0.25, -0.2) is 0 Å². The number of nitrogens with zero attached hydrogens (tertiary/aromatic N) is 6. The molecule has 9 heteroatoms. The van der Waals surface area contributed by atoms with Crippen LogP contribution in [0.15, 0.2) is 552 Å². The summed E-state index contributed by atoms with van der Waals surface area (Å²) in [6.07, 6.45) is 0. The summed E-state index contributed by atoms with van der Waals surface area (Å²) in [5, 5.41) is 15.2. The minimum atomic E-state index is 1.11. The predicted octanol–water partition coefficient (Wildman–Crippen LogP) is 40.5. The third-order valence-electron chi connectivity index (χ3n) is 29.1. The predicted molar refractivity (Wildman–Crippen MR) is 637 cm³/mol. The molecule has 0 aliphatic carbocycles. The molecule has 0 bridgehead atoms. The molecular formula is C139H94N6S3. The Labute approximate surface area is 869 Å². The van der Waals surface area contributed by atoms with Crippen LogP contribution < -0.4 is 14.7 Å². The van der Waals surface area contributed by atoms with Crippen LogP contribution >= 0.6 is 34.0 Å². The summed E-state index contributed by atoms with van der Waals surface area (Å²) in [4.78, 5) is 7.22. The Bertz CT molecular complexity index is 9930. The topological polar surface area (TPSA) is 24.5 Å². The third-order valence-corrected chi connectivity index (χ3v) is 32.5. The zero-order valence-electron chi connectivity index (χ0n) is 80.9. The molecule has 0 radical (unpaired) electrons. The minimum Gasteiger partial charge on any atom is -0.310 e. The highest BCUT2D eigenvalue weighted by molar-refractivity contribution is 7.26. The second-order valence-corrected chi connectivity index (χ2v) is 41.1. The van der Waals surface area contributed by atoms with Crippen molar-refractivity contribution in [2.24, 2.45) is 0 Å². The van der Waals surface area contributed by atoms with Gasteiger partial charge in [0.1, 0.15) is 0 Å². The van der Waals surface area contributed by atoms with Gasteiger partial charge in [0, 0.05) is 144 Å². The summed E-state index contributed by atoms with van der Waals surface area (Å²) in [5.41, 5.74) is 34.2. The Morgan fingerprint density at radius 1 is 0.149 bits per heavy atom. The Morgan fingerprint density at radius 2 is 0.351 bits per heavy atom. The molecule has 0 spiro atoms. The number of hydrogen-bond acceptors (Lipinski definition) is 6. The molecule has 29 rings (SSSR count). The molecule has 0 saturated heterocycles. The van der Waals surface area contributed by atoms with Gasteiger partial charge in [0.05, 0.1) is 50.2 Å². The molecule has 29 aromatic rings. The number of hydrogen-bond donors (Lipinski definition) is 0. The van der Waals surface area contributed by atoms with Crippen molar-refractivity contribution in [3.05, 3.63) is 558 Å². The Balaban J connectivity index is 0.000000110. The SMILES string of the molecule is Cc1ccc(N(c2ccc(-c3ccccc3)cc2)c2cccc3c2c2ccccc2n3-c2ccc3sc4ccccc4c3c2)cc1.c1ccc(-c2ccc(-c3ccc(N(c4ccccc4)c4cccc5c4c4ccccc4n5-c4ccc5sc6ccccc6c5c4)cc3)cc2)cc1.c1ccc(-c2ccc(N(c3ccc(-c4ccccc4)cc3)c3cccc4c3c3ccccc3n4-c3ccc4sc5ccccc5c4c3)cc2)cc1. The fourth-order valence-electron chi connectivity index (χ4n) is 22.1. The molecule has 0 amide bonds. The molecule has 0 unspecified atom stereocenters. The van der Waals surface area contributed by atoms with Crippen LogP contribution in [-0.4, -0.2) is 13.7 Å². The average Bonchev–Trinajstić information content (AvgIpc) is 1.57. The van der Waals surface area contributed by atoms with Crippen LogP contribution in [0.1, 0.15) is 5.56 Å². The van der Waals surface area contributed by atoms with Crippen LogP contribution in [0, 0.1) is 6.92 Å². The highest BCUT2D eigenvalue weighted by Crippen LogP contribution is 2.52. The first-order valence-electron chi connectivity index (χ1n) is 50.4. The summed E-state index contributed by atoms with van der Waals surface area (Å²) in [6, 6.07) is 200. The second-order valence-electron chi connectivity index (χ2n) is 37.8. The molecule has 0 aliphatic rings. The number of anilines is 9. The fourth-order valence-corrected chi connectivity index (χ4v) is 25.4. The quantitative estimate of drug-likeness (QED) is 0.0908. The van der Waals surface area contributed by atoms with Crippen LogP contribution in [-0.2, 0) is 0 Å².